The second-order valence-corrected chi connectivity index (χ2v) is 10.4. The van der Waals surface area contributed by atoms with Crippen molar-refractivity contribution in [1.29, 1.82) is 0 Å². The van der Waals surface area contributed by atoms with Crippen molar-refractivity contribution >= 4 is 20.4 Å². The molecular formula is C23H24Si. The van der Waals surface area contributed by atoms with Crippen molar-refractivity contribution in [2.75, 3.05) is 0 Å². The summed E-state index contributed by atoms with van der Waals surface area (Å²) in [4.78, 5) is 0. The molecule has 0 fully saturated rings. The molecule has 4 rings (SSSR count). The van der Waals surface area contributed by atoms with E-state index in [2.05, 4.69) is 86.8 Å². The van der Waals surface area contributed by atoms with Crippen LogP contribution in [0.2, 0.25) is 13.1 Å². The first-order valence-corrected chi connectivity index (χ1v) is 11.8. The SMILES string of the molecule is CC1=Cc2ccccc2[C@H]1C1=C(c2ccccc2)C=C([SiH](C)C)C1. The van der Waals surface area contributed by atoms with E-state index in [4.69, 9.17) is 0 Å². The lowest BCUT2D eigenvalue weighted by Crippen LogP contribution is -2.07. The van der Waals surface area contributed by atoms with Gasteiger partial charge in [0.1, 0.15) is 0 Å². The van der Waals surface area contributed by atoms with Gasteiger partial charge >= 0.3 is 0 Å². The zero-order valence-corrected chi connectivity index (χ0v) is 15.9. The Morgan fingerprint density at radius 1 is 0.875 bits per heavy atom. The molecule has 1 atom stereocenters. The Labute approximate surface area is 146 Å². The van der Waals surface area contributed by atoms with Gasteiger partial charge in [-0.1, -0.05) is 90.6 Å². The fourth-order valence-electron chi connectivity index (χ4n) is 4.10. The molecule has 0 aliphatic heterocycles. The van der Waals surface area contributed by atoms with Gasteiger partial charge in [0.05, 0.1) is 8.80 Å². The summed E-state index contributed by atoms with van der Waals surface area (Å²) in [6.45, 7) is 7.19. The minimum atomic E-state index is -0.773. The molecule has 0 nitrogen and oxygen atoms in total. The summed E-state index contributed by atoms with van der Waals surface area (Å²) in [7, 11) is -0.773. The minimum absolute atomic E-state index is 0.456. The molecular weight excluding hydrogens is 304 g/mol. The molecule has 0 bridgehead atoms. The van der Waals surface area contributed by atoms with E-state index in [0.29, 0.717) is 5.92 Å². The topological polar surface area (TPSA) is 0 Å². The summed E-state index contributed by atoms with van der Waals surface area (Å²) in [5.74, 6) is 0.456. The van der Waals surface area contributed by atoms with E-state index < -0.39 is 8.80 Å². The first kappa shape index (κ1) is 15.4. The number of hydrogen-bond acceptors (Lipinski definition) is 0. The summed E-state index contributed by atoms with van der Waals surface area (Å²) in [5, 5.41) is 1.70. The van der Waals surface area contributed by atoms with E-state index in [0.717, 1.165) is 6.42 Å². The van der Waals surface area contributed by atoms with Gasteiger partial charge in [-0.15, -0.1) is 0 Å². The zero-order valence-electron chi connectivity index (χ0n) is 14.7. The molecule has 0 N–H and O–H groups in total. The molecule has 24 heavy (non-hydrogen) atoms. The van der Waals surface area contributed by atoms with Crippen LogP contribution in [-0.4, -0.2) is 8.80 Å². The Balaban J connectivity index is 1.85. The Kier molecular flexibility index (Phi) is 3.89. The number of rotatable bonds is 3. The molecule has 2 aliphatic rings. The van der Waals surface area contributed by atoms with Crippen molar-refractivity contribution in [2.24, 2.45) is 0 Å². The van der Waals surface area contributed by atoms with Crippen LogP contribution in [0.25, 0.3) is 11.6 Å². The van der Waals surface area contributed by atoms with E-state index in [1.165, 1.54) is 27.8 Å². The number of benzene rings is 2. The summed E-state index contributed by atoms with van der Waals surface area (Å²) in [6.07, 6.45) is 6.05. The number of hydrogen-bond donors (Lipinski definition) is 0. The highest BCUT2D eigenvalue weighted by atomic mass is 28.3. The maximum absolute atomic E-state index is 2.51. The van der Waals surface area contributed by atoms with Crippen LogP contribution in [0.1, 0.15) is 36.0 Å². The molecule has 0 saturated heterocycles. The first-order chi connectivity index (χ1) is 11.6. The van der Waals surface area contributed by atoms with Gasteiger partial charge in [0, 0.05) is 5.92 Å². The number of fused-ring (bicyclic) bond motifs is 1. The van der Waals surface area contributed by atoms with Crippen LogP contribution in [0.4, 0.5) is 0 Å². The van der Waals surface area contributed by atoms with Crippen molar-refractivity contribution in [3.05, 3.63) is 93.7 Å². The zero-order chi connectivity index (χ0) is 16.7. The molecule has 0 radical (unpaired) electrons. The molecule has 2 aromatic carbocycles. The average Bonchev–Trinajstić information content (AvgIpc) is 3.15. The van der Waals surface area contributed by atoms with Crippen LogP contribution in [0, 0.1) is 0 Å². The highest BCUT2D eigenvalue weighted by Gasteiger charge is 2.31. The van der Waals surface area contributed by atoms with Gasteiger partial charge in [-0.05, 0) is 41.2 Å². The number of allylic oxidation sites excluding steroid dienone is 5. The second kappa shape index (κ2) is 6.07. The van der Waals surface area contributed by atoms with Crippen molar-refractivity contribution in [2.45, 2.75) is 32.4 Å². The summed E-state index contributed by atoms with van der Waals surface area (Å²) in [5.41, 5.74) is 8.82. The van der Waals surface area contributed by atoms with E-state index in [9.17, 15) is 0 Å². The normalized spacial score (nSPS) is 19.6. The molecule has 0 amide bonds. The second-order valence-electron chi connectivity index (χ2n) is 7.31. The van der Waals surface area contributed by atoms with E-state index >= 15 is 0 Å². The largest absolute Gasteiger partial charge is 0.0800 e. The first-order valence-electron chi connectivity index (χ1n) is 8.91. The molecule has 0 heterocycles. The van der Waals surface area contributed by atoms with Crippen molar-refractivity contribution in [1.82, 2.24) is 0 Å². The van der Waals surface area contributed by atoms with E-state index in [-0.39, 0.29) is 0 Å². The molecule has 2 aliphatic carbocycles. The highest BCUT2D eigenvalue weighted by Crippen LogP contribution is 2.48. The molecule has 2 aromatic rings. The fourth-order valence-corrected chi connectivity index (χ4v) is 5.23. The van der Waals surface area contributed by atoms with Gasteiger partial charge < -0.3 is 0 Å². The van der Waals surface area contributed by atoms with Gasteiger partial charge in [0.2, 0.25) is 0 Å². The monoisotopic (exact) mass is 328 g/mol. The average molecular weight is 329 g/mol. The minimum Gasteiger partial charge on any atom is -0.0800 e. The van der Waals surface area contributed by atoms with Crippen LogP contribution in [0.15, 0.2) is 77.0 Å². The van der Waals surface area contributed by atoms with Gasteiger partial charge in [-0.2, -0.15) is 0 Å². The molecule has 1 heteroatoms. The van der Waals surface area contributed by atoms with Gasteiger partial charge in [0.15, 0.2) is 0 Å². The molecule has 120 valence electrons. The van der Waals surface area contributed by atoms with E-state index in [1.54, 1.807) is 10.8 Å². The van der Waals surface area contributed by atoms with Crippen molar-refractivity contribution < 1.29 is 0 Å². The van der Waals surface area contributed by atoms with E-state index in [1.807, 2.05) is 0 Å². The van der Waals surface area contributed by atoms with Gasteiger partial charge in [-0.3, -0.25) is 0 Å². The van der Waals surface area contributed by atoms with Crippen LogP contribution >= 0.6 is 0 Å². The fraction of sp³-hybridized carbons (Fsp3) is 0.217. The predicted octanol–water partition coefficient (Wildman–Crippen LogP) is 6.00. The van der Waals surface area contributed by atoms with Crippen LogP contribution in [0.3, 0.4) is 0 Å². The maximum Gasteiger partial charge on any atom is 0.0600 e. The van der Waals surface area contributed by atoms with Crippen molar-refractivity contribution in [3.8, 4) is 0 Å². The predicted molar refractivity (Wildman–Crippen MR) is 108 cm³/mol. The lowest BCUT2D eigenvalue weighted by atomic mass is 9.85. The third-order valence-corrected chi connectivity index (χ3v) is 7.24. The Morgan fingerprint density at radius 2 is 1.58 bits per heavy atom. The third-order valence-electron chi connectivity index (χ3n) is 5.39. The lowest BCUT2D eigenvalue weighted by molar-refractivity contribution is 0.916. The van der Waals surface area contributed by atoms with Crippen LogP contribution < -0.4 is 0 Å². The Morgan fingerprint density at radius 3 is 2.33 bits per heavy atom. The summed E-state index contributed by atoms with van der Waals surface area (Å²) in [6, 6.07) is 19.8. The summed E-state index contributed by atoms with van der Waals surface area (Å²) >= 11 is 0. The van der Waals surface area contributed by atoms with Crippen LogP contribution in [0.5, 0.6) is 0 Å². The smallest absolute Gasteiger partial charge is 0.0600 e. The third kappa shape index (κ3) is 2.53. The summed E-state index contributed by atoms with van der Waals surface area (Å²) < 4.78 is 0. The quantitative estimate of drug-likeness (QED) is 0.606. The van der Waals surface area contributed by atoms with Gasteiger partial charge in [0.25, 0.3) is 0 Å². The van der Waals surface area contributed by atoms with Crippen LogP contribution in [-0.2, 0) is 0 Å². The molecule has 0 aromatic heterocycles. The van der Waals surface area contributed by atoms with Gasteiger partial charge in [-0.25, -0.2) is 0 Å². The Hall–Kier alpha value is -2.12. The molecule has 0 spiro atoms. The lowest BCUT2D eigenvalue weighted by Gasteiger charge is -2.20. The Bertz CT molecular complexity index is 866. The standard InChI is InChI=1S/C23H24Si/c1-16-13-18-11-7-8-12-20(18)23(16)22-15-19(24(2)3)14-21(22)17-9-5-4-6-10-17/h4-14,23-24H,15H2,1-3H3/t23-/m0/s1. The van der Waals surface area contributed by atoms with Crippen molar-refractivity contribution in [3.63, 3.8) is 0 Å². The molecule has 0 unspecified atom stereocenters. The highest BCUT2D eigenvalue weighted by molar-refractivity contribution is 6.64. The maximum atomic E-state index is 2.51. The molecule has 0 saturated carbocycles.